The molecule has 0 radical (unpaired) electrons. The van der Waals surface area contributed by atoms with E-state index in [9.17, 15) is 9.59 Å². The Kier molecular flexibility index (Phi) is 6.62. The molecule has 0 atom stereocenters. The van der Waals surface area contributed by atoms with Crippen LogP contribution in [0.15, 0.2) is 0 Å². The predicted octanol–water partition coefficient (Wildman–Crippen LogP) is 0.675. The zero-order valence-electron chi connectivity index (χ0n) is 12.1. The molecular weight excluding hydrogens is 246 g/mol. The lowest BCUT2D eigenvalue weighted by Crippen LogP contribution is -2.49. The molecule has 110 valence electrons. The first-order valence-corrected chi connectivity index (χ1v) is 6.96. The number of hydrogen-bond donors (Lipinski definition) is 1. The normalized spacial score (nSPS) is 16.5. The van der Waals surface area contributed by atoms with Crippen LogP contribution in [0.4, 0.5) is 4.79 Å². The monoisotopic (exact) mass is 271 g/mol. The minimum atomic E-state index is -0.236. The SMILES string of the molecule is CCOC(=O)N1CCN(CCC(=O)NC(C)C)CC1. The number of nitrogens with zero attached hydrogens (tertiary/aromatic N) is 2. The number of ether oxygens (including phenoxy) is 1. The van der Waals surface area contributed by atoms with Gasteiger partial charge in [-0.1, -0.05) is 0 Å². The van der Waals surface area contributed by atoms with Crippen LogP contribution in [-0.2, 0) is 9.53 Å². The highest BCUT2D eigenvalue weighted by Crippen LogP contribution is 2.04. The highest BCUT2D eigenvalue weighted by Gasteiger charge is 2.21. The lowest BCUT2D eigenvalue weighted by Gasteiger charge is -2.33. The van der Waals surface area contributed by atoms with Crippen molar-refractivity contribution in [1.29, 1.82) is 0 Å². The zero-order chi connectivity index (χ0) is 14.3. The quantitative estimate of drug-likeness (QED) is 0.798. The second-order valence-corrected chi connectivity index (χ2v) is 5.00. The van der Waals surface area contributed by atoms with Gasteiger partial charge in [0.25, 0.3) is 0 Å². The van der Waals surface area contributed by atoms with Crippen molar-refractivity contribution >= 4 is 12.0 Å². The number of carbonyl (C=O) groups is 2. The molecular formula is C13H25N3O3. The van der Waals surface area contributed by atoms with E-state index in [0.717, 1.165) is 19.6 Å². The lowest BCUT2D eigenvalue weighted by molar-refractivity contribution is -0.122. The van der Waals surface area contributed by atoms with Gasteiger partial charge in [-0.05, 0) is 20.8 Å². The van der Waals surface area contributed by atoms with Crippen LogP contribution in [0.1, 0.15) is 27.2 Å². The number of hydrogen-bond acceptors (Lipinski definition) is 4. The molecule has 0 aliphatic carbocycles. The van der Waals surface area contributed by atoms with E-state index in [1.54, 1.807) is 4.90 Å². The first kappa shape index (κ1) is 15.8. The molecule has 0 bridgehead atoms. The van der Waals surface area contributed by atoms with Gasteiger partial charge in [0.05, 0.1) is 6.61 Å². The number of amides is 2. The van der Waals surface area contributed by atoms with E-state index in [0.29, 0.717) is 26.1 Å². The summed E-state index contributed by atoms with van der Waals surface area (Å²) in [5.41, 5.74) is 0. The Labute approximate surface area is 115 Å². The van der Waals surface area contributed by atoms with Gasteiger partial charge in [0, 0.05) is 45.2 Å². The number of rotatable bonds is 5. The van der Waals surface area contributed by atoms with E-state index in [-0.39, 0.29) is 18.0 Å². The molecule has 0 unspecified atom stereocenters. The molecule has 6 heteroatoms. The van der Waals surface area contributed by atoms with Crippen molar-refractivity contribution in [2.75, 3.05) is 39.3 Å². The molecule has 0 aromatic heterocycles. The van der Waals surface area contributed by atoms with Gasteiger partial charge in [0.2, 0.25) is 5.91 Å². The second-order valence-electron chi connectivity index (χ2n) is 5.00. The number of nitrogens with one attached hydrogen (secondary N) is 1. The molecule has 1 heterocycles. The van der Waals surface area contributed by atoms with Gasteiger partial charge in [-0.25, -0.2) is 4.79 Å². The Bertz CT molecular complexity index is 300. The summed E-state index contributed by atoms with van der Waals surface area (Å²) >= 11 is 0. The maximum atomic E-state index is 11.5. The van der Waals surface area contributed by atoms with Crippen LogP contribution >= 0.6 is 0 Å². The predicted molar refractivity (Wildman–Crippen MR) is 72.9 cm³/mol. The molecule has 0 spiro atoms. The number of carbonyl (C=O) groups excluding carboxylic acids is 2. The molecule has 1 saturated heterocycles. The van der Waals surface area contributed by atoms with Crippen LogP contribution in [0.3, 0.4) is 0 Å². The zero-order valence-corrected chi connectivity index (χ0v) is 12.1. The summed E-state index contributed by atoms with van der Waals surface area (Å²) in [7, 11) is 0. The van der Waals surface area contributed by atoms with Crippen molar-refractivity contribution in [3.8, 4) is 0 Å². The summed E-state index contributed by atoms with van der Waals surface area (Å²) < 4.78 is 4.96. The second kappa shape index (κ2) is 7.99. The topological polar surface area (TPSA) is 61.9 Å². The Balaban J connectivity index is 2.20. The van der Waals surface area contributed by atoms with Gasteiger partial charge in [-0.2, -0.15) is 0 Å². The Morgan fingerprint density at radius 2 is 1.84 bits per heavy atom. The van der Waals surface area contributed by atoms with Gasteiger partial charge in [-0.3, -0.25) is 9.69 Å². The molecule has 0 aromatic rings. The molecule has 1 fully saturated rings. The molecule has 1 aliphatic heterocycles. The van der Waals surface area contributed by atoms with E-state index in [1.165, 1.54) is 0 Å². The Morgan fingerprint density at radius 1 is 1.21 bits per heavy atom. The van der Waals surface area contributed by atoms with Crippen LogP contribution in [-0.4, -0.2) is 67.2 Å². The largest absolute Gasteiger partial charge is 0.450 e. The van der Waals surface area contributed by atoms with E-state index < -0.39 is 0 Å². The third kappa shape index (κ3) is 5.92. The average molecular weight is 271 g/mol. The Hall–Kier alpha value is -1.30. The van der Waals surface area contributed by atoms with Crippen molar-refractivity contribution < 1.29 is 14.3 Å². The molecule has 19 heavy (non-hydrogen) atoms. The lowest BCUT2D eigenvalue weighted by atomic mass is 10.3. The smallest absolute Gasteiger partial charge is 0.409 e. The van der Waals surface area contributed by atoms with E-state index in [4.69, 9.17) is 4.74 Å². The Morgan fingerprint density at radius 3 is 2.37 bits per heavy atom. The van der Waals surface area contributed by atoms with E-state index in [1.807, 2.05) is 20.8 Å². The summed E-state index contributed by atoms with van der Waals surface area (Å²) in [5, 5.41) is 2.88. The molecule has 1 aliphatic rings. The molecule has 1 rings (SSSR count). The van der Waals surface area contributed by atoms with Gasteiger partial charge >= 0.3 is 6.09 Å². The standard InChI is InChI=1S/C13H25N3O3/c1-4-19-13(18)16-9-7-15(8-10-16)6-5-12(17)14-11(2)3/h11H,4-10H2,1-3H3,(H,14,17). The third-order valence-electron chi connectivity index (χ3n) is 3.00. The van der Waals surface area contributed by atoms with Gasteiger partial charge in [0.15, 0.2) is 0 Å². The third-order valence-corrected chi connectivity index (χ3v) is 3.00. The van der Waals surface area contributed by atoms with Crippen LogP contribution in [0.2, 0.25) is 0 Å². The van der Waals surface area contributed by atoms with Crippen molar-refractivity contribution in [2.24, 2.45) is 0 Å². The minimum Gasteiger partial charge on any atom is -0.450 e. The van der Waals surface area contributed by atoms with Crippen LogP contribution < -0.4 is 5.32 Å². The first-order chi connectivity index (χ1) is 9.02. The molecule has 6 nitrogen and oxygen atoms in total. The fourth-order valence-electron chi connectivity index (χ4n) is 2.02. The van der Waals surface area contributed by atoms with E-state index in [2.05, 4.69) is 10.2 Å². The fourth-order valence-corrected chi connectivity index (χ4v) is 2.02. The molecule has 0 saturated carbocycles. The van der Waals surface area contributed by atoms with Crippen molar-refractivity contribution in [3.05, 3.63) is 0 Å². The summed E-state index contributed by atoms with van der Waals surface area (Å²) in [6, 6.07) is 0.188. The van der Waals surface area contributed by atoms with E-state index >= 15 is 0 Å². The van der Waals surface area contributed by atoms with Gasteiger partial charge < -0.3 is 15.0 Å². The molecule has 0 aromatic carbocycles. The highest BCUT2D eigenvalue weighted by molar-refractivity contribution is 5.76. The van der Waals surface area contributed by atoms with Gasteiger partial charge in [-0.15, -0.1) is 0 Å². The van der Waals surface area contributed by atoms with Crippen LogP contribution in [0, 0.1) is 0 Å². The van der Waals surface area contributed by atoms with Gasteiger partial charge in [0.1, 0.15) is 0 Å². The first-order valence-electron chi connectivity index (χ1n) is 6.96. The summed E-state index contributed by atoms with van der Waals surface area (Å²) in [6.45, 7) is 9.81. The molecule has 2 amide bonds. The summed E-state index contributed by atoms with van der Waals surface area (Å²) in [6.07, 6.45) is 0.275. The molecule has 1 N–H and O–H groups in total. The summed E-state index contributed by atoms with van der Waals surface area (Å²) in [5.74, 6) is 0.0859. The minimum absolute atomic E-state index is 0.0859. The van der Waals surface area contributed by atoms with Crippen LogP contribution in [0.5, 0.6) is 0 Å². The maximum Gasteiger partial charge on any atom is 0.409 e. The average Bonchev–Trinajstić information content (AvgIpc) is 2.36. The summed E-state index contributed by atoms with van der Waals surface area (Å²) in [4.78, 5) is 27.0. The van der Waals surface area contributed by atoms with Crippen molar-refractivity contribution in [2.45, 2.75) is 33.2 Å². The van der Waals surface area contributed by atoms with Crippen molar-refractivity contribution in [1.82, 2.24) is 15.1 Å². The van der Waals surface area contributed by atoms with Crippen molar-refractivity contribution in [3.63, 3.8) is 0 Å². The highest BCUT2D eigenvalue weighted by atomic mass is 16.6. The van der Waals surface area contributed by atoms with Crippen LogP contribution in [0.25, 0.3) is 0 Å². The maximum absolute atomic E-state index is 11.5. The number of piperazine rings is 1. The fraction of sp³-hybridized carbons (Fsp3) is 0.846.